The molecule has 0 bridgehead atoms. The number of fused-ring (bicyclic) bond motifs is 2. The molecule has 0 amide bonds. The second-order valence-corrected chi connectivity index (χ2v) is 6.26. The van der Waals surface area contributed by atoms with Gasteiger partial charge in [-0.2, -0.15) is 0 Å². The van der Waals surface area contributed by atoms with Crippen LogP contribution in [0.5, 0.6) is 5.75 Å². The molecular formula is C19H19N3O4. The fourth-order valence-corrected chi connectivity index (χ4v) is 3.14. The molecule has 0 aliphatic rings. The molecule has 26 heavy (non-hydrogen) atoms. The first-order valence-electron chi connectivity index (χ1n) is 8.45. The van der Waals surface area contributed by atoms with Crippen LogP contribution < -0.4 is 16.2 Å². The number of aryl methyl sites for hydroxylation is 2. The molecular weight excluding hydrogens is 334 g/mol. The van der Waals surface area contributed by atoms with Gasteiger partial charge in [-0.15, -0.1) is 0 Å². The van der Waals surface area contributed by atoms with Crippen molar-refractivity contribution in [3.63, 3.8) is 0 Å². The minimum atomic E-state index is -0.431. The van der Waals surface area contributed by atoms with Crippen molar-refractivity contribution in [2.45, 2.75) is 13.3 Å². The molecule has 0 radical (unpaired) electrons. The molecule has 0 spiro atoms. The van der Waals surface area contributed by atoms with Gasteiger partial charge in [-0.1, -0.05) is 13.0 Å². The minimum absolute atomic E-state index is 0.176. The van der Waals surface area contributed by atoms with E-state index >= 15 is 0 Å². The Hall–Kier alpha value is -3.22. The summed E-state index contributed by atoms with van der Waals surface area (Å²) in [5.41, 5.74) is 3.02. The van der Waals surface area contributed by atoms with Crippen molar-refractivity contribution in [1.82, 2.24) is 13.7 Å². The molecule has 7 nitrogen and oxygen atoms in total. The van der Waals surface area contributed by atoms with Crippen LogP contribution in [-0.2, 0) is 14.1 Å². The van der Waals surface area contributed by atoms with E-state index in [1.54, 1.807) is 35.4 Å². The summed E-state index contributed by atoms with van der Waals surface area (Å²) in [4.78, 5) is 24.6. The summed E-state index contributed by atoms with van der Waals surface area (Å²) in [7, 11) is 3.34. The molecule has 0 unspecified atom stereocenters. The second kappa shape index (κ2) is 5.94. The van der Waals surface area contributed by atoms with E-state index in [2.05, 4.69) is 0 Å². The summed E-state index contributed by atoms with van der Waals surface area (Å²) < 4.78 is 15.5. The molecule has 0 fully saturated rings. The van der Waals surface area contributed by atoms with Crippen LogP contribution in [-0.4, -0.2) is 20.3 Å². The zero-order chi connectivity index (χ0) is 18.4. The van der Waals surface area contributed by atoms with E-state index in [-0.39, 0.29) is 5.69 Å². The van der Waals surface area contributed by atoms with Gasteiger partial charge in [0.2, 0.25) is 0 Å². The van der Waals surface area contributed by atoms with Gasteiger partial charge in [-0.3, -0.25) is 13.7 Å². The molecule has 2 aromatic carbocycles. The third-order valence-corrected chi connectivity index (χ3v) is 4.52. The van der Waals surface area contributed by atoms with Gasteiger partial charge < -0.3 is 9.15 Å². The SMILES string of the molecule is CCCOc1cccc(-n2c(=O)n(C)c3cc4oc(=O)n(C)c4cc32)c1. The fourth-order valence-electron chi connectivity index (χ4n) is 3.14. The maximum atomic E-state index is 12.9. The summed E-state index contributed by atoms with van der Waals surface area (Å²) in [6.45, 7) is 2.66. The number of oxazole rings is 1. The smallest absolute Gasteiger partial charge is 0.419 e. The maximum Gasteiger partial charge on any atom is 0.419 e. The zero-order valence-electron chi connectivity index (χ0n) is 14.9. The van der Waals surface area contributed by atoms with Crippen molar-refractivity contribution in [3.05, 3.63) is 57.4 Å². The van der Waals surface area contributed by atoms with E-state index < -0.39 is 5.76 Å². The molecule has 7 heteroatoms. The number of hydrogen-bond acceptors (Lipinski definition) is 4. The number of aromatic nitrogens is 3. The predicted octanol–water partition coefficient (Wildman–Crippen LogP) is 2.56. The van der Waals surface area contributed by atoms with Crippen molar-refractivity contribution < 1.29 is 9.15 Å². The van der Waals surface area contributed by atoms with Crippen LogP contribution in [0.1, 0.15) is 13.3 Å². The number of nitrogens with zero attached hydrogens (tertiary/aromatic N) is 3. The molecule has 0 aliphatic carbocycles. The lowest BCUT2D eigenvalue weighted by atomic mass is 10.2. The molecule has 0 saturated heterocycles. The number of benzene rings is 2. The van der Waals surface area contributed by atoms with E-state index in [1.165, 1.54) is 4.57 Å². The standard InChI is InChI=1S/C19H19N3O4/c1-4-8-25-13-7-5-6-12(9-13)22-15-10-16-17(26-19(24)21(16)3)11-14(15)20(2)18(22)23/h5-7,9-11H,4,8H2,1-3H3. The van der Waals surface area contributed by atoms with Crippen molar-refractivity contribution in [3.8, 4) is 11.4 Å². The third kappa shape index (κ3) is 2.35. The molecule has 0 atom stereocenters. The highest BCUT2D eigenvalue weighted by Crippen LogP contribution is 2.25. The Kier molecular flexibility index (Phi) is 3.72. The number of hydrogen-bond donors (Lipinski definition) is 0. The average Bonchev–Trinajstić information content (AvgIpc) is 3.06. The Labute approximate surface area is 148 Å². The maximum absolute atomic E-state index is 12.9. The monoisotopic (exact) mass is 353 g/mol. The van der Waals surface area contributed by atoms with E-state index in [0.29, 0.717) is 40.2 Å². The minimum Gasteiger partial charge on any atom is -0.494 e. The van der Waals surface area contributed by atoms with Crippen LogP contribution in [0, 0.1) is 0 Å². The molecule has 4 rings (SSSR count). The molecule has 2 aromatic heterocycles. The Morgan fingerprint density at radius 2 is 1.81 bits per heavy atom. The first kappa shape index (κ1) is 16.3. The Morgan fingerprint density at radius 1 is 1.00 bits per heavy atom. The van der Waals surface area contributed by atoms with Crippen LogP contribution in [0.3, 0.4) is 0 Å². The first-order valence-corrected chi connectivity index (χ1v) is 8.45. The van der Waals surface area contributed by atoms with Gasteiger partial charge in [0, 0.05) is 26.2 Å². The molecule has 2 heterocycles. The first-order chi connectivity index (χ1) is 12.5. The van der Waals surface area contributed by atoms with Crippen molar-refractivity contribution >= 4 is 22.1 Å². The predicted molar refractivity (Wildman–Crippen MR) is 99.3 cm³/mol. The molecule has 0 aliphatic heterocycles. The summed E-state index contributed by atoms with van der Waals surface area (Å²) in [5.74, 6) is 0.282. The quantitative estimate of drug-likeness (QED) is 0.565. The second-order valence-electron chi connectivity index (χ2n) is 6.26. The van der Waals surface area contributed by atoms with Crippen LogP contribution in [0.4, 0.5) is 0 Å². The number of ether oxygens (including phenoxy) is 1. The average molecular weight is 353 g/mol. The van der Waals surface area contributed by atoms with E-state index in [0.717, 1.165) is 6.42 Å². The summed E-state index contributed by atoms with van der Waals surface area (Å²) in [5, 5.41) is 0. The zero-order valence-corrected chi connectivity index (χ0v) is 14.9. The van der Waals surface area contributed by atoms with Crippen LogP contribution in [0.25, 0.3) is 27.8 Å². The summed E-state index contributed by atoms with van der Waals surface area (Å²) >= 11 is 0. The van der Waals surface area contributed by atoms with Gasteiger partial charge in [-0.25, -0.2) is 9.59 Å². The molecule has 134 valence electrons. The van der Waals surface area contributed by atoms with Crippen LogP contribution in [0.15, 0.2) is 50.4 Å². The van der Waals surface area contributed by atoms with Gasteiger partial charge in [0.05, 0.1) is 28.8 Å². The largest absolute Gasteiger partial charge is 0.494 e. The molecule has 0 saturated carbocycles. The number of imidazole rings is 1. The highest BCUT2D eigenvalue weighted by atomic mass is 16.5. The fraction of sp³-hybridized carbons (Fsp3) is 0.263. The van der Waals surface area contributed by atoms with Gasteiger partial charge >= 0.3 is 11.4 Å². The molecule has 0 N–H and O–H groups in total. The van der Waals surface area contributed by atoms with Gasteiger partial charge in [0.1, 0.15) is 5.75 Å². The molecule has 4 aromatic rings. The normalized spacial score (nSPS) is 11.5. The lowest BCUT2D eigenvalue weighted by molar-refractivity contribution is 0.317. The lowest BCUT2D eigenvalue weighted by Gasteiger charge is -2.08. The Morgan fingerprint density at radius 3 is 2.58 bits per heavy atom. The van der Waals surface area contributed by atoms with Crippen molar-refractivity contribution in [2.24, 2.45) is 14.1 Å². The van der Waals surface area contributed by atoms with Crippen LogP contribution in [0.2, 0.25) is 0 Å². The van der Waals surface area contributed by atoms with Crippen molar-refractivity contribution in [2.75, 3.05) is 6.61 Å². The highest BCUT2D eigenvalue weighted by Gasteiger charge is 2.16. The Bertz CT molecular complexity index is 1240. The Balaban J connectivity index is 2.00. The van der Waals surface area contributed by atoms with Crippen molar-refractivity contribution in [1.29, 1.82) is 0 Å². The lowest BCUT2D eigenvalue weighted by Crippen LogP contribution is -2.20. The van der Waals surface area contributed by atoms with Gasteiger partial charge in [0.25, 0.3) is 0 Å². The summed E-state index contributed by atoms with van der Waals surface area (Å²) in [6.07, 6.45) is 0.908. The van der Waals surface area contributed by atoms with E-state index in [4.69, 9.17) is 9.15 Å². The van der Waals surface area contributed by atoms with Gasteiger partial charge in [-0.05, 0) is 24.6 Å². The number of rotatable bonds is 4. The highest BCUT2D eigenvalue weighted by molar-refractivity contribution is 5.91. The third-order valence-electron chi connectivity index (χ3n) is 4.52. The van der Waals surface area contributed by atoms with Crippen LogP contribution >= 0.6 is 0 Å². The summed E-state index contributed by atoms with van der Waals surface area (Å²) in [6, 6.07) is 11.0. The van der Waals surface area contributed by atoms with E-state index in [9.17, 15) is 9.59 Å². The van der Waals surface area contributed by atoms with E-state index in [1.807, 2.05) is 31.2 Å². The van der Waals surface area contributed by atoms with Gasteiger partial charge in [0.15, 0.2) is 5.58 Å². The topological polar surface area (TPSA) is 71.3 Å².